The van der Waals surface area contributed by atoms with Crippen molar-refractivity contribution >= 4 is 17.4 Å². The molecule has 1 aliphatic rings. The van der Waals surface area contributed by atoms with Crippen molar-refractivity contribution in [1.29, 1.82) is 0 Å². The Hall–Kier alpha value is -2.99. The van der Waals surface area contributed by atoms with Crippen molar-refractivity contribution in [3.63, 3.8) is 0 Å². The van der Waals surface area contributed by atoms with Gasteiger partial charge in [-0.25, -0.2) is 0 Å². The van der Waals surface area contributed by atoms with Crippen LogP contribution in [0.5, 0.6) is 0 Å². The summed E-state index contributed by atoms with van der Waals surface area (Å²) in [5.41, 5.74) is 2.39. The first-order chi connectivity index (χ1) is 14.0. The van der Waals surface area contributed by atoms with E-state index < -0.39 is 17.7 Å². The van der Waals surface area contributed by atoms with Crippen LogP contribution < -0.4 is 0 Å². The van der Waals surface area contributed by atoms with Crippen molar-refractivity contribution < 1.29 is 14.7 Å². The molecule has 1 amide bonds. The van der Waals surface area contributed by atoms with E-state index in [1.54, 1.807) is 35.5 Å². The number of Topliss-reactive ketones (excluding diaryl/α,β-unsaturated/α-hetero) is 1. The summed E-state index contributed by atoms with van der Waals surface area (Å²) in [5.74, 6) is -1.39. The normalized spacial score (nSPS) is 18.6. The van der Waals surface area contributed by atoms with E-state index in [-0.39, 0.29) is 11.3 Å². The van der Waals surface area contributed by atoms with Gasteiger partial charge in [0.25, 0.3) is 11.7 Å². The van der Waals surface area contributed by atoms with Gasteiger partial charge in [0.2, 0.25) is 0 Å². The average molecular weight is 393 g/mol. The summed E-state index contributed by atoms with van der Waals surface area (Å²) in [6.45, 7) is 8.85. The smallest absolute Gasteiger partial charge is 0.295 e. The highest BCUT2D eigenvalue weighted by Gasteiger charge is 2.46. The zero-order valence-corrected chi connectivity index (χ0v) is 17.1. The summed E-state index contributed by atoms with van der Waals surface area (Å²) < 4.78 is 0. The van der Waals surface area contributed by atoms with Crippen molar-refractivity contribution in [1.82, 2.24) is 14.8 Å². The quantitative estimate of drug-likeness (QED) is 0.444. The van der Waals surface area contributed by atoms with Crippen LogP contribution in [-0.4, -0.2) is 57.8 Å². The molecule has 1 aromatic heterocycles. The van der Waals surface area contributed by atoms with Crippen molar-refractivity contribution in [3.8, 4) is 0 Å². The molecule has 0 saturated carbocycles. The Kier molecular flexibility index (Phi) is 6.44. The molecular weight excluding hydrogens is 366 g/mol. The number of benzene rings is 1. The number of nitrogens with zero attached hydrogens (tertiary/aromatic N) is 3. The van der Waals surface area contributed by atoms with Crippen LogP contribution in [0.4, 0.5) is 0 Å². The molecule has 1 atom stereocenters. The third-order valence-corrected chi connectivity index (χ3v) is 5.42. The van der Waals surface area contributed by atoms with Crippen LogP contribution in [0.15, 0.2) is 54.4 Å². The highest BCUT2D eigenvalue weighted by molar-refractivity contribution is 6.46. The van der Waals surface area contributed by atoms with Gasteiger partial charge in [-0.15, -0.1) is 0 Å². The molecule has 1 aliphatic heterocycles. The van der Waals surface area contributed by atoms with Gasteiger partial charge in [-0.1, -0.05) is 49.7 Å². The number of rotatable bonds is 7. The number of aromatic nitrogens is 1. The minimum Gasteiger partial charge on any atom is -0.507 e. The maximum absolute atomic E-state index is 12.9. The molecule has 152 valence electrons. The number of hydrogen-bond donors (Lipinski definition) is 1. The number of carbonyl (C=O) groups is 2. The van der Waals surface area contributed by atoms with Crippen molar-refractivity contribution in [2.24, 2.45) is 0 Å². The monoisotopic (exact) mass is 393 g/mol. The molecule has 0 unspecified atom stereocenters. The van der Waals surface area contributed by atoms with Crippen LogP contribution in [0.25, 0.3) is 5.76 Å². The van der Waals surface area contributed by atoms with Crippen LogP contribution in [0.1, 0.15) is 36.6 Å². The number of ketones is 1. The van der Waals surface area contributed by atoms with E-state index in [9.17, 15) is 14.7 Å². The summed E-state index contributed by atoms with van der Waals surface area (Å²) in [6, 6.07) is 10.2. The fourth-order valence-electron chi connectivity index (χ4n) is 3.65. The van der Waals surface area contributed by atoms with Crippen LogP contribution in [0.3, 0.4) is 0 Å². The lowest BCUT2D eigenvalue weighted by Crippen LogP contribution is -2.38. The Morgan fingerprint density at radius 1 is 1.14 bits per heavy atom. The molecule has 0 spiro atoms. The van der Waals surface area contributed by atoms with Crippen molar-refractivity contribution in [2.45, 2.75) is 26.8 Å². The van der Waals surface area contributed by atoms with Gasteiger partial charge in [0.1, 0.15) is 5.76 Å². The largest absolute Gasteiger partial charge is 0.507 e. The second-order valence-corrected chi connectivity index (χ2v) is 7.17. The molecule has 3 rings (SSSR count). The van der Waals surface area contributed by atoms with E-state index >= 15 is 0 Å². The molecule has 1 aromatic carbocycles. The van der Waals surface area contributed by atoms with Gasteiger partial charge in [-0.05, 0) is 31.6 Å². The van der Waals surface area contributed by atoms with Gasteiger partial charge in [0, 0.05) is 31.0 Å². The molecule has 29 heavy (non-hydrogen) atoms. The Labute approximate surface area is 171 Å². The minimum absolute atomic E-state index is 0.117. The first kappa shape index (κ1) is 20.7. The van der Waals surface area contributed by atoms with Gasteiger partial charge >= 0.3 is 0 Å². The van der Waals surface area contributed by atoms with E-state index in [1.165, 1.54) is 0 Å². The molecule has 1 saturated heterocycles. The third kappa shape index (κ3) is 4.22. The molecular formula is C23H27N3O3. The second kappa shape index (κ2) is 9.01. The molecule has 2 heterocycles. The lowest BCUT2D eigenvalue weighted by Gasteiger charge is -2.28. The molecule has 6 heteroatoms. The van der Waals surface area contributed by atoms with E-state index in [0.29, 0.717) is 24.2 Å². The fraction of sp³-hybridized carbons (Fsp3) is 0.348. The average Bonchev–Trinajstić information content (AvgIpc) is 3.00. The Morgan fingerprint density at radius 3 is 2.41 bits per heavy atom. The first-order valence-electron chi connectivity index (χ1n) is 9.95. The van der Waals surface area contributed by atoms with E-state index in [1.807, 2.05) is 25.1 Å². The predicted octanol–water partition coefficient (Wildman–Crippen LogP) is 3.15. The number of likely N-dealkylation sites (tertiary alicyclic amines) is 1. The number of hydrogen-bond acceptors (Lipinski definition) is 5. The van der Waals surface area contributed by atoms with Gasteiger partial charge in [-0.2, -0.15) is 0 Å². The minimum atomic E-state index is -0.656. The first-order valence-corrected chi connectivity index (χ1v) is 9.95. The Morgan fingerprint density at radius 2 is 1.83 bits per heavy atom. The zero-order valence-electron chi connectivity index (χ0n) is 17.1. The van der Waals surface area contributed by atoms with Gasteiger partial charge in [0.15, 0.2) is 0 Å². The summed E-state index contributed by atoms with van der Waals surface area (Å²) in [6.07, 6.45) is 3.29. The highest BCUT2D eigenvalue weighted by atomic mass is 16.3. The zero-order chi connectivity index (χ0) is 21.0. The van der Waals surface area contributed by atoms with Crippen LogP contribution >= 0.6 is 0 Å². The summed E-state index contributed by atoms with van der Waals surface area (Å²) in [4.78, 5) is 33.7. The van der Waals surface area contributed by atoms with E-state index in [4.69, 9.17) is 0 Å². The molecule has 2 aromatic rings. The fourth-order valence-corrected chi connectivity index (χ4v) is 3.65. The van der Waals surface area contributed by atoms with Crippen LogP contribution in [0, 0.1) is 6.92 Å². The summed E-state index contributed by atoms with van der Waals surface area (Å²) >= 11 is 0. The lowest BCUT2D eigenvalue weighted by atomic mass is 9.96. The molecule has 1 N–H and O–H groups in total. The Bertz CT molecular complexity index is 903. The Balaban J connectivity index is 2.06. The standard InChI is InChI=1S/C23H27N3O3/c1-4-25(5-2)13-14-26-20(18-7-6-12-24-15-18)19(22(28)23(26)29)21(27)17-10-8-16(3)9-11-17/h6-12,15,20,27H,4-5,13-14H2,1-3H3/b21-19-/t20-/m1/s1. The number of carbonyl (C=O) groups excluding carboxylic acids is 2. The van der Waals surface area contributed by atoms with E-state index in [2.05, 4.69) is 23.7 Å². The van der Waals surface area contributed by atoms with Crippen molar-refractivity contribution in [2.75, 3.05) is 26.2 Å². The van der Waals surface area contributed by atoms with Gasteiger partial charge < -0.3 is 14.9 Å². The van der Waals surface area contributed by atoms with E-state index in [0.717, 1.165) is 18.7 Å². The van der Waals surface area contributed by atoms with Crippen LogP contribution in [-0.2, 0) is 9.59 Å². The number of amides is 1. The third-order valence-electron chi connectivity index (χ3n) is 5.42. The van der Waals surface area contributed by atoms with Crippen molar-refractivity contribution in [3.05, 3.63) is 71.1 Å². The topological polar surface area (TPSA) is 73.7 Å². The number of aryl methyl sites for hydroxylation is 1. The molecule has 1 fully saturated rings. The SMILES string of the molecule is CCN(CC)CCN1C(=O)C(=O)/C(=C(\O)c2ccc(C)cc2)[C@H]1c1cccnc1. The van der Waals surface area contributed by atoms with Gasteiger partial charge in [-0.3, -0.25) is 14.6 Å². The predicted molar refractivity (Wildman–Crippen MR) is 112 cm³/mol. The number of aliphatic hydroxyl groups excluding tert-OH is 1. The highest BCUT2D eigenvalue weighted by Crippen LogP contribution is 2.38. The number of pyridine rings is 1. The molecule has 0 bridgehead atoms. The van der Waals surface area contributed by atoms with Gasteiger partial charge in [0.05, 0.1) is 11.6 Å². The molecule has 0 aliphatic carbocycles. The molecule has 0 radical (unpaired) electrons. The second-order valence-electron chi connectivity index (χ2n) is 7.17. The lowest BCUT2D eigenvalue weighted by molar-refractivity contribution is -0.140. The van der Waals surface area contributed by atoms with Crippen LogP contribution in [0.2, 0.25) is 0 Å². The maximum atomic E-state index is 12.9. The summed E-state index contributed by atoms with van der Waals surface area (Å²) in [5, 5.41) is 11.0. The molecule has 6 nitrogen and oxygen atoms in total. The number of likely N-dealkylation sites (N-methyl/N-ethyl adjacent to an activating group) is 1. The summed E-state index contributed by atoms with van der Waals surface area (Å²) in [7, 11) is 0. The maximum Gasteiger partial charge on any atom is 0.295 e. The number of aliphatic hydroxyl groups is 1.